The molecule has 2 atom stereocenters. The van der Waals surface area contributed by atoms with Crippen LogP contribution < -0.4 is 0 Å². The molecule has 0 aromatic heterocycles. The smallest absolute Gasteiger partial charge is 0.180 e. The van der Waals surface area contributed by atoms with Crippen LogP contribution in [0.15, 0.2) is 24.3 Å². The van der Waals surface area contributed by atoms with Crippen molar-refractivity contribution in [2.45, 2.75) is 44.4 Å². The predicted octanol–water partition coefficient (Wildman–Crippen LogP) is 3.92. The Hall–Kier alpha value is -0.570. The van der Waals surface area contributed by atoms with Gasteiger partial charge in [-0.1, -0.05) is 43.0 Å². The first kappa shape index (κ1) is 10.6. The van der Waals surface area contributed by atoms with Crippen molar-refractivity contribution in [3.63, 3.8) is 0 Å². The van der Waals surface area contributed by atoms with Gasteiger partial charge in [-0.05, 0) is 25.0 Å². The number of benzene rings is 1. The van der Waals surface area contributed by atoms with E-state index in [2.05, 4.69) is 11.1 Å². The summed E-state index contributed by atoms with van der Waals surface area (Å²) in [7, 11) is 0. The van der Waals surface area contributed by atoms with Gasteiger partial charge < -0.3 is 0 Å². The van der Waals surface area contributed by atoms with Gasteiger partial charge in [0.1, 0.15) is 0 Å². The third-order valence-electron chi connectivity index (χ3n) is 3.48. The average molecular weight is 238 g/mol. The van der Waals surface area contributed by atoms with E-state index in [4.69, 9.17) is 16.4 Å². The van der Waals surface area contributed by atoms with Crippen LogP contribution in [0.4, 0.5) is 0 Å². The van der Waals surface area contributed by atoms with E-state index in [-0.39, 0.29) is 6.23 Å². The van der Waals surface area contributed by atoms with Crippen LogP contribution in [0.5, 0.6) is 0 Å². The Morgan fingerprint density at radius 2 is 2.00 bits per heavy atom. The van der Waals surface area contributed by atoms with E-state index < -0.39 is 0 Å². The second-order valence-corrected chi connectivity index (χ2v) is 5.10. The van der Waals surface area contributed by atoms with Gasteiger partial charge >= 0.3 is 0 Å². The topological polar surface area (TPSA) is 15.5 Å². The molecule has 1 aliphatic carbocycles. The summed E-state index contributed by atoms with van der Waals surface area (Å²) in [6.45, 7) is 0. The molecule has 1 saturated heterocycles. The normalized spacial score (nSPS) is 30.3. The van der Waals surface area contributed by atoms with Crippen LogP contribution in [0.2, 0.25) is 5.02 Å². The van der Waals surface area contributed by atoms with Crippen molar-refractivity contribution < 1.29 is 4.84 Å². The van der Waals surface area contributed by atoms with E-state index in [9.17, 15) is 0 Å². The van der Waals surface area contributed by atoms with E-state index in [1.165, 1.54) is 37.7 Å². The van der Waals surface area contributed by atoms with Crippen LogP contribution in [0.3, 0.4) is 0 Å². The Kier molecular flexibility index (Phi) is 2.88. The number of halogens is 1. The van der Waals surface area contributed by atoms with Crippen molar-refractivity contribution in [3.8, 4) is 0 Å². The molecule has 0 radical (unpaired) electrons. The van der Waals surface area contributed by atoms with Crippen LogP contribution in [0.1, 0.15) is 43.9 Å². The zero-order valence-corrected chi connectivity index (χ0v) is 9.99. The summed E-state index contributed by atoms with van der Waals surface area (Å²) in [6, 6.07) is 8.59. The number of nitrogens with zero attached hydrogens (tertiary/aromatic N) is 1. The third-order valence-corrected chi connectivity index (χ3v) is 3.71. The quantitative estimate of drug-likeness (QED) is 0.725. The molecular formula is C13H16ClNO. The standard InChI is InChI=1S/C13H16ClNO/c14-11-6-4-5-10(9-11)13-15(16-13)12-7-2-1-3-8-12/h4-6,9,12-13H,1-3,7-8H2/t13-,15?/m1/s1. The van der Waals surface area contributed by atoms with Gasteiger partial charge in [0, 0.05) is 16.6 Å². The first-order chi connectivity index (χ1) is 7.84. The van der Waals surface area contributed by atoms with Crippen molar-refractivity contribution in [1.29, 1.82) is 0 Å². The molecule has 1 aliphatic heterocycles. The largest absolute Gasteiger partial charge is 0.270 e. The lowest BCUT2D eigenvalue weighted by Crippen LogP contribution is -2.21. The molecule has 1 aromatic rings. The summed E-state index contributed by atoms with van der Waals surface area (Å²) in [5.74, 6) is 0. The highest BCUT2D eigenvalue weighted by molar-refractivity contribution is 6.30. The molecule has 86 valence electrons. The van der Waals surface area contributed by atoms with Crippen LogP contribution >= 0.6 is 11.6 Å². The average Bonchev–Trinajstić information content (AvgIpc) is 3.10. The highest BCUT2D eigenvalue weighted by atomic mass is 35.5. The predicted molar refractivity (Wildman–Crippen MR) is 64.0 cm³/mol. The minimum Gasteiger partial charge on any atom is -0.270 e. The van der Waals surface area contributed by atoms with E-state index in [1.807, 2.05) is 18.2 Å². The summed E-state index contributed by atoms with van der Waals surface area (Å²) >= 11 is 5.98. The van der Waals surface area contributed by atoms with Gasteiger partial charge in [-0.2, -0.15) is 0 Å². The summed E-state index contributed by atoms with van der Waals surface area (Å²) in [5.41, 5.74) is 1.18. The van der Waals surface area contributed by atoms with Crippen molar-refractivity contribution in [3.05, 3.63) is 34.9 Å². The zero-order chi connectivity index (χ0) is 11.0. The number of hydrogen-bond donors (Lipinski definition) is 0. The minimum atomic E-state index is 0.154. The summed E-state index contributed by atoms with van der Waals surface area (Å²) < 4.78 is 0. The lowest BCUT2D eigenvalue weighted by atomic mass is 9.95. The van der Waals surface area contributed by atoms with Crippen molar-refractivity contribution in [2.24, 2.45) is 0 Å². The number of rotatable bonds is 2. The molecule has 3 rings (SSSR count). The number of hydrogen-bond acceptors (Lipinski definition) is 2. The molecule has 2 aliphatic rings. The maximum absolute atomic E-state index is 5.98. The maximum Gasteiger partial charge on any atom is 0.180 e. The van der Waals surface area contributed by atoms with E-state index in [0.29, 0.717) is 6.04 Å². The minimum absolute atomic E-state index is 0.154. The molecule has 0 spiro atoms. The molecule has 16 heavy (non-hydrogen) atoms. The fourth-order valence-electron chi connectivity index (χ4n) is 2.57. The molecule has 1 heterocycles. The molecule has 2 fully saturated rings. The van der Waals surface area contributed by atoms with Crippen molar-refractivity contribution in [2.75, 3.05) is 0 Å². The Bertz CT molecular complexity index is 376. The second kappa shape index (κ2) is 4.36. The van der Waals surface area contributed by atoms with Crippen LogP contribution in [0, 0.1) is 0 Å². The molecule has 1 unspecified atom stereocenters. The lowest BCUT2D eigenvalue weighted by molar-refractivity contribution is 0.119. The van der Waals surface area contributed by atoms with E-state index in [1.54, 1.807) is 0 Å². The van der Waals surface area contributed by atoms with Crippen LogP contribution in [-0.4, -0.2) is 11.1 Å². The number of hydroxylamine groups is 2. The zero-order valence-electron chi connectivity index (χ0n) is 9.23. The molecule has 0 bridgehead atoms. The van der Waals surface area contributed by atoms with Gasteiger partial charge in [0.15, 0.2) is 6.23 Å². The Morgan fingerprint density at radius 3 is 2.75 bits per heavy atom. The van der Waals surface area contributed by atoms with Gasteiger partial charge in [0.2, 0.25) is 0 Å². The monoisotopic (exact) mass is 237 g/mol. The van der Waals surface area contributed by atoms with Gasteiger partial charge in [-0.3, -0.25) is 4.84 Å². The fourth-order valence-corrected chi connectivity index (χ4v) is 2.77. The Labute approximate surface area is 101 Å². The van der Waals surface area contributed by atoms with E-state index >= 15 is 0 Å². The van der Waals surface area contributed by atoms with Crippen molar-refractivity contribution in [1.82, 2.24) is 5.06 Å². The third kappa shape index (κ3) is 2.10. The summed E-state index contributed by atoms with van der Waals surface area (Å²) in [5, 5.41) is 2.93. The molecule has 0 amide bonds. The Morgan fingerprint density at radius 1 is 1.19 bits per heavy atom. The molecule has 1 aromatic carbocycles. The SMILES string of the molecule is Clc1cccc([C@H]2ON2C2CCCCC2)c1. The lowest BCUT2D eigenvalue weighted by Gasteiger charge is -2.20. The molecule has 0 N–H and O–H groups in total. The fraction of sp³-hybridized carbons (Fsp3) is 0.538. The Balaban J connectivity index is 1.66. The van der Waals surface area contributed by atoms with Gasteiger partial charge in [-0.15, -0.1) is 5.06 Å². The van der Waals surface area contributed by atoms with Gasteiger partial charge in [-0.25, -0.2) is 0 Å². The van der Waals surface area contributed by atoms with Gasteiger partial charge in [0.05, 0.1) is 0 Å². The maximum atomic E-state index is 5.98. The summed E-state index contributed by atoms with van der Waals surface area (Å²) in [6.07, 6.45) is 6.77. The first-order valence-corrected chi connectivity index (χ1v) is 6.43. The first-order valence-electron chi connectivity index (χ1n) is 6.05. The van der Waals surface area contributed by atoms with Crippen molar-refractivity contribution >= 4 is 11.6 Å². The second-order valence-electron chi connectivity index (χ2n) is 4.66. The highest BCUT2D eigenvalue weighted by Crippen LogP contribution is 2.43. The van der Waals surface area contributed by atoms with E-state index in [0.717, 1.165) is 5.02 Å². The highest BCUT2D eigenvalue weighted by Gasteiger charge is 2.43. The molecule has 3 heteroatoms. The molecular weight excluding hydrogens is 222 g/mol. The van der Waals surface area contributed by atoms with Gasteiger partial charge in [0.25, 0.3) is 0 Å². The molecule has 2 nitrogen and oxygen atoms in total. The van der Waals surface area contributed by atoms with Crippen LogP contribution in [0.25, 0.3) is 0 Å². The van der Waals surface area contributed by atoms with Crippen LogP contribution in [-0.2, 0) is 4.84 Å². The molecule has 1 saturated carbocycles. The summed E-state index contributed by atoms with van der Waals surface area (Å²) in [4.78, 5) is 5.67.